The number of benzene rings is 1. The van der Waals surface area contributed by atoms with Gasteiger partial charge in [0, 0.05) is 57.6 Å². The molecule has 156 valence electrons. The van der Waals surface area contributed by atoms with Crippen LogP contribution in [0.25, 0.3) is 16.9 Å². The monoisotopic (exact) mass is 405 g/mol. The summed E-state index contributed by atoms with van der Waals surface area (Å²) in [5.74, 6) is 0. The number of pyridine rings is 1. The molecule has 2 saturated heterocycles. The minimum absolute atomic E-state index is 0.151. The van der Waals surface area contributed by atoms with Gasteiger partial charge in [0.2, 0.25) is 0 Å². The zero-order valence-electron chi connectivity index (χ0n) is 17.1. The number of aromatic nitrogens is 2. The highest BCUT2D eigenvalue weighted by atomic mass is 16.5. The molecule has 2 amide bonds. The number of rotatable bonds is 3. The second kappa shape index (κ2) is 8.45. The van der Waals surface area contributed by atoms with Gasteiger partial charge in [0.15, 0.2) is 0 Å². The van der Waals surface area contributed by atoms with E-state index < -0.39 is 0 Å². The summed E-state index contributed by atoms with van der Waals surface area (Å²) in [4.78, 5) is 24.0. The molecule has 5 rings (SSSR count). The topological polar surface area (TPSA) is 53.3 Å². The van der Waals surface area contributed by atoms with Gasteiger partial charge in [-0.2, -0.15) is 0 Å². The van der Waals surface area contributed by atoms with Gasteiger partial charge in [-0.25, -0.2) is 9.78 Å². The molecule has 2 aliphatic heterocycles. The third-order valence-electron chi connectivity index (χ3n) is 5.97. The predicted octanol–water partition coefficient (Wildman–Crippen LogP) is 2.57. The van der Waals surface area contributed by atoms with Crippen molar-refractivity contribution in [2.45, 2.75) is 6.54 Å². The van der Waals surface area contributed by atoms with Crippen molar-refractivity contribution in [2.75, 3.05) is 52.5 Å². The van der Waals surface area contributed by atoms with Gasteiger partial charge >= 0.3 is 6.03 Å². The highest BCUT2D eigenvalue weighted by molar-refractivity contribution is 5.74. The summed E-state index contributed by atoms with van der Waals surface area (Å²) in [7, 11) is 0. The summed E-state index contributed by atoms with van der Waals surface area (Å²) < 4.78 is 7.56. The van der Waals surface area contributed by atoms with Crippen molar-refractivity contribution in [1.82, 2.24) is 24.1 Å². The first-order valence-electron chi connectivity index (χ1n) is 10.6. The number of hydrogen-bond donors (Lipinski definition) is 0. The van der Waals surface area contributed by atoms with Gasteiger partial charge in [-0.3, -0.25) is 4.90 Å². The summed E-state index contributed by atoms with van der Waals surface area (Å²) >= 11 is 0. The Labute approximate surface area is 176 Å². The molecular weight excluding hydrogens is 378 g/mol. The number of nitrogens with zero attached hydrogens (tertiary/aromatic N) is 5. The van der Waals surface area contributed by atoms with E-state index in [0.717, 1.165) is 49.6 Å². The number of fused-ring (bicyclic) bond motifs is 1. The van der Waals surface area contributed by atoms with E-state index in [1.54, 1.807) is 0 Å². The number of ether oxygens (including phenoxy) is 1. The second-order valence-electron chi connectivity index (χ2n) is 7.85. The van der Waals surface area contributed by atoms with Crippen molar-refractivity contribution in [1.29, 1.82) is 0 Å². The molecule has 0 radical (unpaired) electrons. The van der Waals surface area contributed by atoms with Crippen LogP contribution in [0.15, 0.2) is 54.7 Å². The fourth-order valence-corrected chi connectivity index (χ4v) is 4.29. The molecule has 2 aliphatic rings. The molecule has 0 spiro atoms. The van der Waals surface area contributed by atoms with Crippen LogP contribution in [0, 0.1) is 0 Å². The van der Waals surface area contributed by atoms with Crippen LogP contribution in [0.5, 0.6) is 0 Å². The first-order valence-corrected chi connectivity index (χ1v) is 10.6. The Hall–Kier alpha value is -2.90. The normalized spacial score (nSPS) is 18.1. The average Bonchev–Trinajstić information content (AvgIpc) is 3.19. The lowest BCUT2D eigenvalue weighted by Crippen LogP contribution is -2.54. The van der Waals surface area contributed by atoms with E-state index in [1.165, 1.54) is 5.69 Å². The van der Waals surface area contributed by atoms with Crippen LogP contribution < -0.4 is 0 Å². The first-order chi connectivity index (χ1) is 14.8. The largest absolute Gasteiger partial charge is 0.378 e. The number of imidazole rings is 1. The molecule has 2 aromatic heterocycles. The van der Waals surface area contributed by atoms with E-state index in [4.69, 9.17) is 9.72 Å². The summed E-state index contributed by atoms with van der Waals surface area (Å²) in [6, 6.07) is 16.6. The molecule has 0 aliphatic carbocycles. The molecule has 2 fully saturated rings. The molecule has 4 heterocycles. The Bertz CT molecular complexity index is 1000. The second-order valence-corrected chi connectivity index (χ2v) is 7.85. The molecule has 0 bridgehead atoms. The minimum atomic E-state index is 0.151. The van der Waals surface area contributed by atoms with Gasteiger partial charge < -0.3 is 18.9 Å². The highest BCUT2D eigenvalue weighted by Crippen LogP contribution is 2.26. The molecule has 7 heteroatoms. The van der Waals surface area contributed by atoms with E-state index in [0.29, 0.717) is 26.3 Å². The first kappa shape index (κ1) is 19.1. The quantitative estimate of drug-likeness (QED) is 0.672. The van der Waals surface area contributed by atoms with E-state index in [2.05, 4.69) is 45.8 Å². The maximum atomic E-state index is 12.8. The number of hydrogen-bond acceptors (Lipinski definition) is 4. The zero-order chi connectivity index (χ0) is 20.3. The zero-order valence-corrected chi connectivity index (χ0v) is 17.1. The van der Waals surface area contributed by atoms with E-state index in [-0.39, 0.29) is 6.03 Å². The Morgan fingerprint density at radius 3 is 2.33 bits per heavy atom. The third kappa shape index (κ3) is 3.78. The smallest absolute Gasteiger partial charge is 0.320 e. The molecule has 30 heavy (non-hydrogen) atoms. The van der Waals surface area contributed by atoms with Crippen LogP contribution in [0.2, 0.25) is 0 Å². The molecule has 0 N–H and O–H groups in total. The fraction of sp³-hybridized carbons (Fsp3) is 0.391. The van der Waals surface area contributed by atoms with Crippen molar-refractivity contribution in [3.05, 3.63) is 60.4 Å². The summed E-state index contributed by atoms with van der Waals surface area (Å²) in [6.45, 7) is 6.73. The number of amides is 2. The molecule has 7 nitrogen and oxygen atoms in total. The Kier molecular flexibility index (Phi) is 5.38. The lowest BCUT2D eigenvalue weighted by atomic mass is 10.1. The number of urea groups is 1. The Balaban J connectivity index is 1.31. The Morgan fingerprint density at radius 2 is 1.57 bits per heavy atom. The highest BCUT2D eigenvalue weighted by Gasteiger charge is 2.27. The fourth-order valence-electron chi connectivity index (χ4n) is 4.29. The van der Waals surface area contributed by atoms with Gasteiger partial charge in [0.1, 0.15) is 5.65 Å². The lowest BCUT2D eigenvalue weighted by molar-refractivity contribution is 0.0372. The van der Waals surface area contributed by atoms with Gasteiger partial charge in [-0.15, -0.1) is 0 Å². The van der Waals surface area contributed by atoms with Crippen molar-refractivity contribution >= 4 is 11.7 Å². The van der Waals surface area contributed by atoms with Crippen LogP contribution in [0.4, 0.5) is 4.79 Å². The van der Waals surface area contributed by atoms with Crippen molar-refractivity contribution in [3.8, 4) is 11.3 Å². The molecule has 3 aromatic rings. The van der Waals surface area contributed by atoms with Crippen LogP contribution >= 0.6 is 0 Å². The maximum Gasteiger partial charge on any atom is 0.320 e. The summed E-state index contributed by atoms with van der Waals surface area (Å²) in [6.07, 6.45) is 2.09. The maximum absolute atomic E-state index is 12.8. The molecule has 1 aromatic carbocycles. The van der Waals surface area contributed by atoms with Crippen LogP contribution in [-0.2, 0) is 11.3 Å². The number of morpholine rings is 1. The van der Waals surface area contributed by atoms with Crippen molar-refractivity contribution < 1.29 is 9.53 Å². The number of piperazine rings is 1. The number of carbonyl (C=O) groups excluding carboxylic acids is 1. The lowest BCUT2D eigenvalue weighted by Gasteiger charge is -2.38. The molecule has 0 unspecified atom stereocenters. The van der Waals surface area contributed by atoms with Gasteiger partial charge in [-0.1, -0.05) is 36.4 Å². The van der Waals surface area contributed by atoms with Gasteiger partial charge in [-0.05, 0) is 12.1 Å². The number of carbonyl (C=O) groups is 1. The molecule has 0 saturated carbocycles. The molecule has 0 atom stereocenters. The van der Waals surface area contributed by atoms with Crippen LogP contribution in [0.3, 0.4) is 0 Å². The SMILES string of the molecule is O=C(N1CCOCC1)N1CCN(Cc2c(-c3ccccc3)nc3ccccn23)CC1. The predicted molar refractivity (Wildman–Crippen MR) is 115 cm³/mol. The van der Waals surface area contributed by atoms with Crippen molar-refractivity contribution in [2.24, 2.45) is 0 Å². The van der Waals surface area contributed by atoms with Crippen molar-refractivity contribution in [3.63, 3.8) is 0 Å². The third-order valence-corrected chi connectivity index (χ3v) is 5.97. The minimum Gasteiger partial charge on any atom is -0.378 e. The standard InChI is InChI=1S/C23H27N5O2/c29-23(27-14-16-30-17-15-27)26-12-10-25(11-13-26)18-20-22(19-6-2-1-3-7-19)24-21-8-4-5-9-28(20)21/h1-9H,10-18H2. The van der Waals surface area contributed by atoms with Crippen LogP contribution in [0.1, 0.15) is 5.69 Å². The van der Waals surface area contributed by atoms with Crippen LogP contribution in [-0.4, -0.2) is 82.6 Å². The molecular formula is C23H27N5O2. The van der Waals surface area contributed by atoms with Gasteiger partial charge in [0.05, 0.1) is 24.6 Å². The Morgan fingerprint density at radius 1 is 0.867 bits per heavy atom. The van der Waals surface area contributed by atoms with Gasteiger partial charge in [0.25, 0.3) is 0 Å². The van der Waals surface area contributed by atoms with E-state index >= 15 is 0 Å². The average molecular weight is 406 g/mol. The van der Waals surface area contributed by atoms with E-state index in [9.17, 15) is 4.79 Å². The summed E-state index contributed by atoms with van der Waals surface area (Å²) in [5.41, 5.74) is 4.34. The van der Waals surface area contributed by atoms with E-state index in [1.807, 2.05) is 28.0 Å². The summed E-state index contributed by atoms with van der Waals surface area (Å²) in [5, 5.41) is 0.